The Kier molecular flexibility index (Phi) is 7.03. The Morgan fingerprint density at radius 3 is 2.39 bits per heavy atom. The first-order chi connectivity index (χ1) is 10.3. The second-order valence-corrected chi connectivity index (χ2v) is 6.18. The van der Waals surface area contributed by atoms with Crippen LogP contribution in [0.1, 0.15) is 18.4 Å². The minimum Gasteiger partial charge on any atom is -0.745 e. The van der Waals surface area contributed by atoms with E-state index < -0.39 is 27.9 Å². The molecule has 0 saturated heterocycles. The van der Waals surface area contributed by atoms with Crippen molar-refractivity contribution in [3.8, 4) is 5.75 Å². The largest absolute Gasteiger partial charge is 1.00 e. The Morgan fingerprint density at radius 2 is 1.78 bits per heavy atom. The van der Waals surface area contributed by atoms with E-state index in [4.69, 9.17) is 4.74 Å². The summed E-state index contributed by atoms with van der Waals surface area (Å²) in [6, 6.07) is 10.9. The normalized spacial score (nSPS) is 12.3. The van der Waals surface area contributed by atoms with Gasteiger partial charge in [0.05, 0.1) is 13.0 Å². The summed E-state index contributed by atoms with van der Waals surface area (Å²) in [7, 11) is -3.00. The third-order valence-electron chi connectivity index (χ3n) is 3.27. The predicted molar refractivity (Wildman–Crippen MR) is 79.6 cm³/mol. The molecule has 0 aliphatic rings. The van der Waals surface area contributed by atoms with E-state index in [9.17, 15) is 17.8 Å². The molecule has 0 fully saturated rings. The van der Waals surface area contributed by atoms with E-state index in [-0.39, 0.29) is 29.6 Å². The van der Waals surface area contributed by atoms with Crippen molar-refractivity contribution in [2.45, 2.75) is 12.8 Å². The molecule has 8 heteroatoms. The number of methoxy groups -OCH3 is 1. The zero-order valence-electron chi connectivity index (χ0n) is 13.1. The van der Waals surface area contributed by atoms with Crippen molar-refractivity contribution in [1.29, 1.82) is 0 Å². The van der Waals surface area contributed by atoms with Gasteiger partial charge in [-0.25, -0.2) is 8.42 Å². The Morgan fingerprint density at radius 1 is 1.17 bits per heavy atom. The third kappa shape index (κ3) is 5.47. The van der Waals surface area contributed by atoms with Crippen LogP contribution in [0.5, 0.6) is 5.75 Å². The van der Waals surface area contributed by atoms with E-state index in [2.05, 4.69) is 4.74 Å². The molecule has 1 unspecified atom stereocenters. The number of fused-ring (bicyclic) bond motifs is 1. The number of benzene rings is 2. The maximum Gasteiger partial charge on any atom is 1.00 e. The second-order valence-electron chi connectivity index (χ2n) is 4.83. The molecule has 0 aromatic heterocycles. The van der Waals surface area contributed by atoms with Gasteiger partial charge in [-0.2, -0.15) is 0 Å². The van der Waals surface area contributed by atoms with Gasteiger partial charge in [0.25, 0.3) is 0 Å². The number of esters is 1. The standard InChI is InChI=1S/C15H16O6S.Na/c1-10(15(16)21-9-22(17,18)19)11-3-4-13-8-14(20-2)6-5-12(13)7-11;/h3-8,10H,9H2,1-2H3,(H,17,18,19);/q;+1/p-1. The summed E-state index contributed by atoms with van der Waals surface area (Å²) in [6.07, 6.45) is 0. The summed E-state index contributed by atoms with van der Waals surface area (Å²) in [4.78, 5) is 11.8. The van der Waals surface area contributed by atoms with Crippen LogP contribution >= 0.6 is 0 Å². The fraction of sp³-hybridized carbons (Fsp3) is 0.267. The molecule has 6 nitrogen and oxygen atoms in total. The fourth-order valence-electron chi connectivity index (χ4n) is 2.03. The van der Waals surface area contributed by atoms with E-state index in [1.165, 1.54) is 0 Å². The molecule has 0 bridgehead atoms. The molecule has 2 rings (SSSR count). The Balaban J connectivity index is 0.00000264. The van der Waals surface area contributed by atoms with Gasteiger partial charge in [0, 0.05) is 0 Å². The maximum atomic E-state index is 11.8. The molecule has 2 aromatic rings. The molecule has 0 radical (unpaired) electrons. The second kappa shape index (κ2) is 8.12. The van der Waals surface area contributed by atoms with Crippen LogP contribution in [0, 0.1) is 0 Å². The number of carbonyl (C=O) groups is 1. The molecule has 0 aliphatic carbocycles. The van der Waals surface area contributed by atoms with Crippen LogP contribution < -0.4 is 34.3 Å². The van der Waals surface area contributed by atoms with Crippen LogP contribution in [0.25, 0.3) is 10.8 Å². The first-order valence-corrected chi connectivity index (χ1v) is 8.06. The fourth-order valence-corrected chi connectivity index (χ4v) is 2.29. The van der Waals surface area contributed by atoms with E-state index in [0.717, 1.165) is 16.5 Å². The SMILES string of the molecule is COc1ccc2cc(C(C)C(=O)OCS(=O)(=O)[O-])ccc2c1.[Na+]. The Hall–Kier alpha value is -1.12. The van der Waals surface area contributed by atoms with Crippen molar-refractivity contribution in [2.75, 3.05) is 13.0 Å². The number of rotatable bonds is 5. The van der Waals surface area contributed by atoms with Crippen molar-refractivity contribution < 1.29 is 56.8 Å². The minimum atomic E-state index is -4.58. The smallest absolute Gasteiger partial charge is 0.745 e. The van der Waals surface area contributed by atoms with Crippen molar-refractivity contribution in [2.24, 2.45) is 0 Å². The summed E-state index contributed by atoms with van der Waals surface area (Å²) in [5.74, 6) is -1.85. The zero-order valence-corrected chi connectivity index (χ0v) is 15.9. The van der Waals surface area contributed by atoms with Crippen LogP contribution in [-0.4, -0.2) is 32.0 Å². The molecule has 0 amide bonds. The van der Waals surface area contributed by atoms with Crippen molar-refractivity contribution in [1.82, 2.24) is 0 Å². The van der Waals surface area contributed by atoms with E-state index >= 15 is 0 Å². The number of hydrogen-bond donors (Lipinski definition) is 0. The minimum absolute atomic E-state index is 0. The molecule has 118 valence electrons. The molecular formula is C15H15NaO6S. The van der Waals surface area contributed by atoms with Crippen LogP contribution in [0.4, 0.5) is 0 Å². The molecule has 0 aliphatic heterocycles. The van der Waals surface area contributed by atoms with Crippen molar-refractivity contribution >= 4 is 26.9 Å². The van der Waals surface area contributed by atoms with Crippen LogP contribution in [0.3, 0.4) is 0 Å². The van der Waals surface area contributed by atoms with Gasteiger partial charge >= 0.3 is 35.5 Å². The summed E-state index contributed by atoms with van der Waals surface area (Å²) in [6.45, 7) is 1.59. The van der Waals surface area contributed by atoms with Crippen molar-refractivity contribution in [3.05, 3.63) is 42.0 Å². The van der Waals surface area contributed by atoms with Crippen molar-refractivity contribution in [3.63, 3.8) is 0 Å². The third-order valence-corrected chi connectivity index (χ3v) is 3.68. The number of hydrogen-bond acceptors (Lipinski definition) is 6. The van der Waals surface area contributed by atoms with Crippen LogP contribution in [-0.2, 0) is 19.6 Å². The van der Waals surface area contributed by atoms with E-state index in [1.807, 2.05) is 24.3 Å². The quantitative estimate of drug-likeness (QED) is 0.392. The molecule has 1 atom stereocenters. The predicted octanol–water partition coefficient (Wildman–Crippen LogP) is -0.998. The molecule has 2 aromatic carbocycles. The molecule has 23 heavy (non-hydrogen) atoms. The average Bonchev–Trinajstić information content (AvgIpc) is 2.50. The van der Waals surface area contributed by atoms with Gasteiger partial charge in [-0.3, -0.25) is 4.79 Å². The van der Waals surface area contributed by atoms with Gasteiger partial charge in [0.1, 0.15) is 15.9 Å². The van der Waals surface area contributed by atoms with E-state index in [0.29, 0.717) is 5.56 Å². The summed E-state index contributed by atoms with van der Waals surface area (Å²) < 4.78 is 41.1. The van der Waals surface area contributed by atoms with Gasteiger partial charge in [-0.05, 0) is 35.4 Å². The Labute approximate surface area is 156 Å². The summed E-state index contributed by atoms with van der Waals surface area (Å²) in [5.41, 5.74) is 0.672. The molecule has 0 spiro atoms. The number of ether oxygens (including phenoxy) is 2. The summed E-state index contributed by atoms with van der Waals surface area (Å²) in [5, 5.41) is 1.86. The van der Waals surface area contributed by atoms with Crippen LogP contribution in [0.15, 0.2) is 36.4 Å². The zero-order chi connectivity index (χ0) is 16.3. The molecule has 0 heterocycles. The first kappa shape index (κ1) is 19.9. The Bertz CT molecular complexity index is 803. The molecule has 0 saturated carbocycles. The van der Waals surface area contributed by atoms with Gasteiger partial charge in [-0.1, -0.05) is 24.3 Å². The van der Waals surface area contributed by atoms with Gasteiger partial charge in [0.2, 0.25) is 0 Å². The number of carbonyl (C=O) groups excluding carboxylic acids is 1. The summed E-state index contributed by atoms with van der Waals surface area (Å²) >= 11 is 0. The van der Waals surface area contributed by atoms with Gasteiger partial charge < -0.3 is 14.0 Å². The van der Waals surface area contributed by atoms with Gasteiger partial charge in [-0.15, -0.1) is 0 Å². The first-order valence-electron chi connectivity index (χ1n) is 6.48. The van der Waals surface area contributed by atoms with Crippen LogP contribution in [0.2, 0.25) is 0 Å². The molecule has 0 N–H and O–H groups in total. The maximum absolute atomic E-state index is 11.8. The van der Waals surface area contributed by atoms with Gasteiger partial charge in [0.15, 0.2) is 5.94 Å². The topological polar surface area (TPSA) is 92.7 Å². The van der Waals surface area contributed by atoms with E-state index in [1.54, 1.807) is 26.2 Å². The monoisotopic (exact) mass is 346 g/mol. The molecular weight excluding hydrogens is 331 g/mol. The average molecular weight is 346 g/mol.